The Bertz CT molecular complexity index is 652. The van der Waals surface area contributed by atoms with E-state index in [-0.39, 0.29) is 5.56 Å². The van der Waals surface area contributed by atoms with Gasteiger partial charge < -0.3 is 10.7 Å². The molecule has 0 unspecified atom stereocenters. The fourth-order valence-corrected chi connectivity index (χ4v) is 2.15. The monoisotopic (exact) mass is 261 g/mol. The van der Waals surface area contributed by atoms with Gasteiger partial charge in [0.1, 0.15) is 11.4 Å². The number of carbonyl (C=O) groups is 1. The van der Waals surface area contributed by atoms with Crippen LogP contribution in [-0.4, -0.2) is 22.1 Å². The Morgan fingerprint density at radius 2 is 2.11 bits per heavy atom. The van der Waals surface area contributed by atoms with Crippen molar-refractivity contribution in [3.05, 3.63) is 46.4 Å². The summed E-state index contributed by atoms with van der Waals surface area (Å²) in [5.41, 5.74) is 5.21. The molecule has 1 amide bonds. The molecule has 0 spiro atoms. The molecular formula is C12H11N3O2S. The van der Waals surface area contributed by atoms with Gasteiger partial charge in [-0.3, -0.25) is 9.59 Å². The number of nitrogens with one attached hydrogen (secondary N) is 1. The Kier molecular flexibility index (Phi) is 3.47. The lowest BCUT2D eigenvalue weighted by atomic mass is 10.2. The molecular weight excluding hydrogens is 250 g/mol. The molecule has 1 aromatic heterocycles. The van der Waals surface area contributed by atoms with Crippen LogP contribution in [0.5, 0.6) is 0 Å². The number of amides is 1. The molecule has 0 atom stereocenters. The molecule has 1 heterocycles. The van der Waals surface area contributed by atoms with Crippen LogP contribution in [0.4, 0.5) is 0 Å². The molecule has 0 aliphatic carbocycles. The molecule has 0 saturated carbocycles. The number of hydrogen-bond acceptors (Lipinski definition) is 4. The van der Waals surface area contributed by atoms with E-state index >= 15 is 0 Å². The van der Waals surface area contributed by atoms with E-state index in [9.17, 15) is 9.59 Å². The molecule has 18 heavy (non-hydrogen) atoms. The number of rotatable bonds is 3. The zero-order valence-electron chi connectivity index (χ0n) is 9.64. The van der Waals surface area contributed by atoms with Crippen molar-refractivity contribution in [2.24, 2.45) is 5.73 Å². The summed E-state index contributed by atoms with van der Waals surface area (Å²) in [6, 6.07) is 7.55. The number of benzene rings is 1. The quantitative estimate of drug-likeness (QED) is 0.814. The molecule has 1 aromatic carbocycles. The van der Waals surface area contributed by atoms with Gasteiger partial charge in [-0.2, -0.15) is 0 Å². The lowest BCUT2D eigenvalue weighted by Crippen LogP contribution is -2.24. The van der Waals surface area contributed by atoms with Gasteiger partial charge >= 0.3 is 0 Å². The molecule has 92 valence electrons. The van der Waals surface area contributed by atoms with Crippen molar-refractivity contribution in [1.29, 1.82) is 0 Å². The van der Waals surface area contributed by atoms with Gasteiger partial charge in [0.2, 0.25) is 0 Å². The molecule has 0 radical (unpaired) electrons. The van der Waals surface area contributed by atoms with Crippen LogP contribution in [0.2, 0.25) is 0 Å². The average Bonchev–Trinajstić information content (AvgIpc) is 2.38. The zero-order chi connectivity index (χ0) is 13.1. The highest BCUT2D eigenvalue weighted by atomic mass is 32.2. The summed E-state index contributed by atoms with van der Waals surface area (Å²) in [5.74, 6) is -0.358. The van der Waals surface area contributed by atoms with E-state index in [1.807, 2.05) is 30.5 Å². The average molecular weight is 261 g/mol. The number of carbonyl (C=O) groups excluding carboxylic acids is 1. The van der Waals surface area contributed by atoms with Gasteiger partial charge in [-0.15, -0.1) is 11.8 Å². The van der Waals surface area contributed by atoms with Crippen molar-refractivity contribution in [2.75, 3.05) is 6.26 Å². The first-order valence-corrected chi connectivity index (χ1v) is 6.38. The Morgan fingerprint density at radius 1 is 1.39 bits per heavy atom. The third-order valence-corrected chi connectivity index (χ3v) is 3.22. The Hall–Kier alpha value is -2.08. The first-order chi connectivity index (χ1) is 8.63. The fourth-order valence-electron chi connectivity index (χ4n) is 1.55. The molecule has 2 aromatic rings. The highest BCUT2D eigenvalue weighted by molar-refractivity contribution is 7.98. The number of nitrogens with two attached hydrogens (primary N) is 1. The summed E-state index contributed by atoms with van der Waals surface area (Å²) >= 11 is 1.55. The Balaban J connectivity index is 2.56. The summed E-state index contributed by atoms with van der Waals surface area (Å²) in [6.45, 7) is 0. The minimum absolute atomic E-state index is 0.139. The van der Waals surface area contributed by atoms with Crippen molar-refractivity contribution in [1.82, 2.24) is 9.97 Å². The minimum atomic E-state index is -0.784. The number of aromatic nitrogens is 2. The van der Waals surface area contributed by atoms with Gasteiger partial charge in [0.15, 0.2) is 0 Å². The van der Waals surface area contributed by atoms with E-state index < -0.39 is 11.5 Å². The number of hydrogen-bond donors (Lipinski definition) is 2. The second-order valence-electron chi connectivity index (χ2n) is 3.54. The van der Waals surface area contributed by atoms with Gasteiger partial charge in [-0.1, -0.05) is 18.2 Å². The van der Waals surface area contributed by atoms with E-state index in [0.717, 1.165) is 10.5 Å². The summed E-state index contributed by atoms with van der Waals surface area (Å²) in [6.07, 6.45) is 3.14. The largest absolute Gasteiger partial charge is 0.365 e. The van der Waals surface area contributed by atoms with Gasteiger partial charge in [0, 0.05) is 16.7 Å². The van der Waals surface area contributed by atoms with E-state index in [4.69, 9.17) is 5.73 Å². The second-order valence-corrected chi connectivity index (χ2v) is 4.39. The first kappa shape index (κ1) is 12.4. The maximum absolute atomic E-state index is 11.7. The molecule has 3 N–H and O–H groups in total. The van der Waals surface area contributed by atoms with E-state index in [0.29, 0.717) is 5.82 Å². The van der Waals surface area contributed by atoms with Crippen molar-refractivity contribution in [3.63, 3.8) is 0 Å². The van der Waals surface area contributed by atoms with Crippen molar-refractivity contribution in [2.45, 2.75) is 4.90 Å². The highest BCUT2D eigenvalue weighted by Crippen LogP contribution is 2.26. The molecule has 0 fully saturated rings. The zero-order valence-corrected chi connectivity index (χ0v) is 10.5. The summed E-state index contributed by atoms with van der Waals surface area (Å²) in [5, 5.41) is 0. The lowest BCUT2D eigenvalue weighted by molar-refractivity contribution is 0.0998. The lowest BCUT2D eigenvalue weighted by Gasteiger charge is -2.06. The van der Waals surface area contributed by atoms with Crippen LogP contribution in [0.25, 0.3) is 11.4 Å². The van der Waals surface area contributed by atoms with Crippen LogP contribution in [0.15, 0.2) is 40.2 Å². The van der Waals surface area contributed by atoms with Gasteiger partial charge in [-0.05, 0) is 12.3 Å². The SMILES string of the molecule is CSc1ccccc1-c1ncc(C(N)=O)c(=O)[nH]1. The predicted molar refractivity (Wildman–Crippen MR) is 70.6 cm³/mol. The minimum Gasteiger partial charge on any atom is -0.365 e. The highest BCUT2D eigenvalue weighted by Gasteiger charge is 2.10. The molecule has 6 heteroatoms. The van der Waals surface area contributed by atoms with Gasteiger partial charge in [0.25, 0.3) is 11.5 Å². The third-order valence-electron chi connectivity index (χ3n) is 2.43. The topological polar surface area (TPSA) is 88.8 Å². The number of H-pyrrole nitrogens is 1. The standard InChI is InChI=1S/C12H11N3O2S/c1-18-9-5-3-2-4-7(9)11-14-6-8(10(13)16)12(17)15-11/h2-6H,1H3,(H2,13,16)(H,14,15,17). The van der Waals surface area contributed by atoms with Crippen LogP contribution < -0.4 is 11.3 Å². The third kappa shape index (κ3) is 2.28. The first-order valence-electron chi connectivity index (χ1n) is 5.16. The van der Waals surface area contributed by atoms with E-state index in [1.54, 1.807) is 11.8 Å². The van der Waals surface area contributed by atoms with Crippen molar-refractivity contribution >= 4 is 17.7 Å². The van der Waals surface area contributed by atoms with Gasteiger partial charge in [0.05, 0.1) is 0 Å². The maximum atomic E-state index is 11.7. The van der Waals surface area contributed by atoms with Crippen LogP contribution in [0, 0.1) is 0 Å². The summed E-state index contributed by atoms with van der Waals surface area (Å²) in [7, 11) is 0. The Labute approximate surface area is 107 Å². The van der Waals surface area contributed by atoms with Crippen LogP contribution >= 0.6 is 11.8 Å². The fraction of sp³-hybridized carbons (Fsp3) is 0.0833. The van der Waals surface area contributed by atoms with Crippen LogP contribution in [0.1, 0.15) is 10.4 Å². The predicted octanol–water partition coefficient (Wildman–Crippen LogP) is 1.26. The maximum Gasteiger partial charge on any atom is 0.264 e. The normalized spacial score (nSPS) is 10.3. The molecule has 0 bridgehead atoms. The summed E-state index contributed by atoms with van der Waals surface area (Å²) < 4.78 is 0. The number of thioether (sulfide) groups is 1. The van der Waals surface area contributed by atoms with Gasteiger partial charge in [-0.25, -0.2) is 4.98 Å². The summed E-state index contributed by atoms with van der Waals surface area (Å²) in [4.78, 5) is 30.2. The van der Waals surface area contributed by atoms with Crippen LogP contribution in [0.3, 0.4) is 0 Å². The number of aromatic amines is 1. The van der Waals surface area contributed by atoms with E-state index in [2.05, 4.69) is 9.97 Å². The molecule has 0 aliphatic heterocycles. The van der Waals surface area contributed by atoms with Crippen molar-refractivity contribution in [3.8, 4) is 11.4 Å². The number of nitrogens with zero attached hydrogens (tertiary/aromatic N) is 1. The molecule has 0 saturated heterocycles. The van der Waals surface area contributed by atoms with Crippen molar-refractivity contribution < 1.29 is 4.79 Å². The smallest absolute Gasteiger partial charge is 0.264 e. The van der Waals surface area contributed by atoms with Crippen LogP contribution in [-0.2, 0) is 0 Å². The molecule has 0 aliphatic rings. The molecule has 5 nitrogen and oxygen atoms in total. The second kappa shape index (κ2) is 5.05. The number of primary amides is 1. The Morgan fingerprint density at radius 3 is 2.72 bits per heavy atom. The molecule has 2 rings (SSSR count). The van der Waals surface area contributed by atoms with E-state index in [1.165, 1.54) is 6.20 Å².